The molecule has 0 bridgehead atoms. The van der Waals surface area contributed by atoms with Gasteiger partial charge in [0.1, 0.15) is 17.2 Å². The first-order valence-corrected chi connectivity index (χ1v) is 10.8. The summed E-state index contributed by atoms with van der Waals surface area (Å²) in [5.74, 6) is 1.00. The molecule has 0 saturated heterocycles. The maximum atomic E-state index is 12.8. The molecule has 0 radical (unpaired) electrons. The minimum Gasteiger partial charge on any atom is -0.496 e. The van der Waals surface area contributed by atoms with Gasteiger partial charge in [0.2, 0.25) is 5.78 Å². The molecule has 0 amide bonds. The lowest BCUT2D eigenvalue weighted by molar-refractivity contribution is -0.133. The number of carbonyl (C=O) groups is 2. The number of ketones is 1. The number of benzene rings is 2. The Bertz CT molecular complexity index is 1160. The van der Waals surface area contributed by atoms with Gasteiger partial charge in [-0.05, 0) is 54.8 Å². The van der Waals surface area contributed by atoms with Crippen LogP contribution in [0.4, 0.5) is 0 Å². The van der Waals surface area contributed by atoms with Crippen molar-refractivity contribution in [3.63, 3.8) is 0 Å². The van der Waals surface area contributed by atoms with E-state index in [1.54, 1.807) is 38.3 Å². The Balaban J connectivity index is 1.60. The van der Waals surface area contributed by atoms with E-state index in [0.717, 1.165) is 9.35 Å². The maximum Gasteiger partial charge on any atom is 0.316 e. The number of thiophene rings is 1. The summed E-state index contributed by atoms with van der Waals surface area (Å²) in [5, 5.41) is 1.91. The Morgan fingerprint density at radius 1 is 1.20 bits per heavy atom. The molecule has 0 spiro atoms. The predicted molar refractivity (Wildman–Crippen MR) is 118 cm³/mol. The first kappa shape index (κ1) is 20.4. The molecule has 0 fully saturated rings. The average molecular weight is 485 g/mol. The van der Waals surface area contributed by atoms with Crippen LogP contribution in [0.2, 0.25) is 0 Å². The Kier molecular flexibility index (Phi) is 5.74. The zero-order valence-corrected chi connectivity index (χ0v) is 18.6. The van der Waals surface area contributed by atoms with Crippen LogP contribution in [0.1, 0.15) is 26.4 Å². The van der Waals surface area contributed by atoms with E-state index in [4.69, 9.17) is 14.2 Å². The van der Waals surface area contributed by atoms with E-state index in [2.05, 4.69) is 15.9 Å². The van der Waals surface area contributed by atoms with Crippen molar-refractivity contribution in [3.8, 4) is 17.2 Å². The van der Waals surface area contributed by atoms with Crippen LogP contribution in [0.3, 0.4) is 0 Å². The first-order chi connectivity index (χ1) is 14.5. The third-order valence-electron chi connectivity index (χ3n) is 4.64. The molecular weight excluding hydrogens is 468 g/mol. The predicted octanol–water partition coefficient (Wildman–Crippen LogP) is 5.59. The standard InChI is InChI=1S/C23H17BrO5S/c1-13-18(28-21(25)12-16-4-3-9-30-16)8-6-17-22(26)20(29-23(13)17)11-14-10-15(24)5-7-19(14)27-2/h3-11H,12H2,1-2H3/b20-11-. The Morgan fingerprint density at radius 2 is 2.00 bits per heavy atom. The number of methoxy groups -OCH3 is 1. The van der Waals surface area contributed by atoms with Gasteiger partial charge in [-0.2, -0.15) is 0 Å². The van der Waals surface area contributed by atoms with E-state index in [1.165, 1.54) is 11.3 Å². The molecule has 0 aliphatic carbocycles. The fourth-order valence-corrected chi connectivity index (χ4v) is 4.22. The largest absolute Gasteiger partial charge is 0.496 e. The zero-order chi connectivity index (χ0) is 21.3. The Hall–Kier alpha value is -2.90. The van der Waals surface area contributed by atoms with Crippen molar-refractivity contribution in [2.75, 3.05) is 7.11 Å². The van der Waals surface area contributed by atoms with Gasteiger partial charge in [-0.3, -0.25) is 9.59 Å². The molecule has 7 heteroatoms. The summed E-state index contributed by atoms with van der Waals surface area (Å²) in [4.78, 5) is 26.0. The smallest absolute Gasteiger partial charge is 0.316 e. The van der Waals surface area contributed by atoms with Crippen LogP contribution in [-0.4, -0.2) is 18.9 Å². The summed E-state index contributed by atoms with van der Waals surface area (Å²) in [6.45, 7) is 1.77. The number of esters is 1. The van der Waals surface area contributed by atoms with Gasteiger partial charge in [0, 0.05) is 20.5 Å². The third kappa shape index (κ3) is 4.04. The van der Waals surface area contributed by atoms with Crippen LogP contribution in [0.25, 0.3) is 6.08 Å². The second-order valence-electron chi connectivity index (χ2n) is 6.62. The second kappa shape index (κ2) is 8.45. The van der Waals surface area contributed by atoms with Crippen LogP contribution in [0.15, 0.2) is 58.1 Å². The van der Waals surface area contributed by atoms with Crippen molar-refractivity contribution < 1.29 is 23.8 Å². The van der Waals surface area contributed by atoms with Crippen molar-refractivity contribution in [2.24, 2.45) is 0 Å². The van der Waals surface area contributed by atoms with Crippen LogP contribution < -0.4 is 14.2 Å². The quantitative estimate of drug-likeness (QED) is 0.268. The molecule has 0 atom stereocenters. The van der Waals surface area contributed by atoms with Gasteiger partial charge < -0.3 is 14.2 Å². The molecule has 152 valence electrons. The topological polar surface area (TPSA) is 61.8 Å². The van der Waals surface area contributed by atoms with Crippen molar-refractivity contribution >= 4 is 45.1 Å². The summed E-state index contributed by atoms with van der Waals surface area (Å²) in [6, 6.07) is 12.5. The lowest BCUT2D eigenvalue weighted by Crippen LogP contribution is -2.11. The molecule has 2 aromatic carbocycles. The van der Waals surface area contributed by atoms with Crippen molar-refractivity contribution in [3.05, 3.63) is 79.6 Å². The molecule has 0 N–H and O–H groups in total. The van der Waals surface area contributed by atoms with Crippen LogP contribution in [0.5, 0.6) is 17.2 Å². The highest BCUT2D eigenvalue weighted by Crippen LogP contribution is 2.40. The van der Waals surface area contributed by atoms with E-state index >= 15 is 0 Å². The van der Waals surface area contributed by atoms with Gasteiger partial charge in [0.05, 0.1) is 19.1 Å². The summed E-state index contributed by atoms with van der Waals surface area (Å²) >= 11 is 4.93. The van der Waals surface area contributed by atoms with Crippen LogP contribution >= 0.6 is 27.3 Å². The molecule has 4 rings (SSSR count). The molecule has 3 aromatic rings. The molecular formula is C23H17BrO5S. The van der Waals surface area contributed by atoms with Gasteiger partial charge in [-0.25, -0.2) is 0 Å². The molecule has 0 saturated carbocycles. The summed E-state index contributed by atoms with van der Waals surface area (Å²) in [5.41, 5.74) is 1.75. The van der Waals surface area contributed by atoms with Gasteiger partial charge >= 0.3 is 5.97 Å². The highest BCUT2D eigenvalue weighted by molar-refractivity contribution is 9.10. The number of hydrogen-bond acceptors (Lipinski definition) is 6. The minimum atomic E-state index is -0.362. The monoisotopic (exact) mass is 484 g/mol. The minimum absolute atomic E-state index is 0.187. The van der Waals surface area contributed by atoms with E-state index in [-0.39, 0.29) is 23.9 Å². The van der Waals surface area contributed by atoms with Gasteiger partial charge in [0.25, 0.3) is 0 Å². The maximum absolute atomic E-state index is 12.8. The molecule has 30 heavy (non-hydrogen) atoms. The summed E-state index contributed by atoms with van der Waals surface area (Å²) in [7, 11) is 1.57. The summed E-state index contributed by atoms with van der Waals surface area (Å²) < 4.78 is 17.6. The van der Waals surface area contributed by atoms with Crippen LogP contribution in [-0.2, 0) is 11.2 Å². The molecule has 1 aliphatic rings. The second-order valence-corrected chi connectivity index (χ2v) is 8.57. The molecule has 1 aromatic heterocycles. The third-order valence-corrected chi connectivity index (χ3v) is 6.01. The highest BCUT2D eigenvalue weighted by atomic mass is 79.9. The Morgan fingerprint density at radius 3 is 2.73 bits per heavy atom. The number of halogens is 1. The first-order valence-electron chi connectivity index (χ1n) is 9.10. The van der Waals surface area contributed by atoms with Crippen molar-refractivity contribution in [1.82, 2.24) is 0 Å². The van der Waals surface area contributed by atoms with E-state index in [1.807, 2.05) is 29.6 Å². The number of rotatable bonds is 5. The lowest BCUT2D eigenvalue weighted by Gasteiger charge is -2.10. The van der Waals surface area contributed by atoms with E-state index < -0.39 is 0 Å². The molecule has 2 heterocycles. The fourth-order valence-electron chi connectivity index (χ4n) is 3.15. The Labute approximate surface area is 186 Å². The highest BCUT2D eigenvalue weighted by Gasteiger charge is 2.31. The fraction of sp³-hybridized carbons (Fsp3) is 0.130. The number of ether oxygens (including phenoxy) is 3. The number of fused-ring (bicyclic) bond motifs is 1. The number of Topliss-reactive ketones (excluding diaryl/α,β-unsaturated/α-hetero) is 1. The zero-order valence-electron chi connectivity index (χ0n) is 16.2. The van der Waals surface area contributed by atoms with Gasteiger partial charge in [-0.15, -0.1) is 11.3 Å². The molecule has 0 unspecified atom stereocenters. The van der Waals surface area contributed by atoms with Gasteiger partial charge in [-0.1, -0.05) is 22.0 Å². The molecule has 5 nitrogen and oxygen atoms in total. The average Bonchev–Trinajstić information content (AvgIpc) is 3.33. The van der Waals surface area contributed by atoms with Crippen molar-refractivity contribution in [2.45, 2.75) is 13.3 Å². The molecule has 1 aliphatic heterocycles. The number of allylic oxidation sites excluding steroid dienone is 1. The van der Waals surface area contributed by atoms with Gasteiger partial charge in [0.15, 0.2) is 5.76 Å². The number of hydrogen-bond donors (Lipinski definition) is 0. The summed E-state index contributed by atoms with van der Waals surface area (Å²) in [6.07, 6.45) is 1.84. The van der Waals surface area contributed by atoms with Crippen LogP contribution in [0, 0.1) is 6.92 Å². The SMILES string of the molecule is COc1ccc(Br)cc1/C=C1\Oc2c(ccc(OC(=O)Cc3cccs3)c2C)C1=O. The normalized spacial score (nSPS) is 13.8. The van der Waals surface area contributed by atoms with E-state index in [9.17, 15) is 9.59 Å². The van der Waals surface area contributed by atoms with E-state index in [0.29, 0.717) is 33.9 Å². The number of carbonyl (C=O) groups excluding carboxylic acids is 2. The van der Waals surface area contributed by atoms with Crippen molar-refractivity contribution in [1.29, 1.82) is 0 Å². The lowest BCUT2D eigenvalue weighted by atomic mass is 10.1.